The molecule has 1 saturated heterocycles. The Kier molecular flexibility index (Phi) is 4.44. The normalized spacial score (nSPS) is 18.2. The molecular weight excluding hydrogens is 236 g/mol. The maximum Gasteiger partial charge on any atom is 0.137 e. The molecule has 0 aliphatic carbocycles. The van der Waals surface area contributed by atoms with Gasteiger partial charge in [0.15, 0.2) is 0 Å². The lowest BCUT2D eigenvalue weighted by atomic mass is 10.0. The van der Waals surface area contributed by atoms with Gasteiger partial charge in [0.1, 0.15) is 11.8 Å². The van der Waals surface area contributed by atoms with Gasteiger partial charge in [-0.2, -0.15) is 5.26 Å². The van der Waals surface area contributed by atoms with Crippen molar-refractivity contribution in [3.63, 3.8) is 0 Å². The van der Waals surface area contributed by atoms with Crippen LogP contribution in [-0.2, 0) is 0 Å². The molecule has 102 valence electrons. The number of para-hydroxylation sites is 1. The van der Waals surface area contributed by atoms with Crippen LogP contribution in [0, 0.1) is 11.3 Å². The van der Waals surface area contributed by atoms with Gasteiger partial charge in [0.2, 0.25) is 0 Å². The monoisotopic (exact) mass is 258 g/mol. The molecule has 2 rings (SSSR count). The average Bonchev–Trinajstić information content (AvgIpc) is 2.74. The lowest BCUT2D eigenvalue weighted by molar-refractivity contribution is 0.160. The molecule has 1 aromatic rings. The summed E-state index contributed by atoms with van der Waals surface area (Å²) in [5, 5.41) is 8.98. The lowest BCUT2D eigenvalue weighted by Gasteiger charge is -2.31. The highest BCUT2D eigenvalue weighted by Gasteiger charge is 2.30. The van der Waals surface area contributed by atoms with Gasteiger partial charge in [-0.15, -0.1) is 0 Å². The highest BCUT2D eigenvalue weighted by Crippen LogP contribution is 2.28. The van der Waals surface area contributed by atoms with Crippen LogP contribution in [0.15, 0.2) is 24.3 Å². The Labute approximate surface area is 115 Å². The summed E-state index contributed by atoms with van der Waals surface area (Å²) in [4.78, 5) is 2.53. The molecule has 1 aromatic carbocycles. The van der Waals surface area contributed by atoms with E-state index in [-0.39, 0.29) is 0 Å². The molecule has 0 saturated carbocycles. The number of rotatable bonds is 5. The number of hydrogen-bond donors (Lipinski definition) is 0. The van der Waals surface area contributed by atoms with E-state index in [1.54, 1.807) is 6.07 Å². The van der Waals surface area contributed by atoms with Crippen LogP contribution in [-0.4, -0.2) is 30.1 Å². The minimum absolute atomic E-state index is 0.338. The van der Waals surface area contributed by atoms with Crippen LogP contribution >= 0.6 is 0 Å². The van der Waals surface area contributed by atoms with Crippen molar-refractivity contribution in [3.05, 3.63) is 29.8 Å². The van der Waals surface area contributed by atoms with Crippen molar-refractivity contribution in [3.8, 4) is 11.8 Å². The van der Waals surface area contributed by atoms with Gasteiger partial charge in [0, 0.05) is 12.1 Å². The fourth-order valence-electron chi connectivity index (χ4n) is 2.70. The maximum absolute atomic E-state index is 8.98. The van der Waals surface area contributed by atoms with Crippen LogP contribution in [0.3, 0.4) is 0 Å². The first-order valence-electron chi connectivity index (χ1n) is 7.00. The fourth-order valence-corrected chi connectivity index (χ4v) is 2.70. The molecule has 0 unspecified atom stereocenters. The van der Waals surface area contributed by atoms with Crippen molar-refractivity contribution in [1.29, 1.82) is 5.26 Å². The third kappa shape index (κ3) is 3.48. The SMILES string of the molecule is CC1(C)CCCN1CCCOc1ccccc1C#N. The minimum atomic E-state index is 0.338. The summed E-state index contributed by atoms with van der Waals surface area (Å²) in [6.45, 7) is 7.56. The predicted molar refractivity (Wildman–Crippen MR) is 76.2 cm³/mol. The highest BCUT2D eigenvalue weighted by atomic mass is 16.5. The molecule has 19 heavy (non-hydrogen) atoms. The predicted octanol–water partition coefficient (Wildman–Crippen LogP) is 3.20. The summed E-state index contributed by atoms with van der Waals surface area (Å²) in [6, 6.07) is 9.57. The van der Waals surface area contributed by atoms with Gasteiger partial charge in [-0.1, -0.05) is 12.1 Å². The molecule has 1 aliphatic heterocycles. The molecule has 0 bridgehead atoms. The number of benzene rings is 1. The molecule has 1 aliphatic rings. The van der Waals surface area contributed by atoms with E-state index in [0.717, 1.165) is 13.0 Å². The maximum atomic E-state index is 8.98. The van der Waals surface area contributed by atoms with Crippen LogP contribution in [0.5, 0.6) is 5.75 Å². The van der Waals surface area contributed by atoms with Crippen LogP contribution in [0.2, 0.25) is 0 Å². The van der Waals surface area contributed by atoms with Crippen molar-refractivity contribution < 1.29 is 4.74 Å². The van der Waals surface area contributed by atoms with Gasteiger partial charge in [0.25, 0.3) is 0 Å². The molecule has 3 nitrogen and oxygen atoms in total. The number of likely N-dealkylation sites (tertiary alicyclic amines) is 1. The van der Waals surface area contributed by atoms with Gasteiger partial charge >= 0.3 is 0 Å². The average molecular weight is 258 g/mol. The quantitative estimate of drug-likeness (QED) is 0.761. The summed E-state index contributed by atoms with van der Waals surface area (Å²) in [7, 11) is 0. The molecule has 0 spiro atoms. The molecule has 1 heterocycles. The summed E-state index contributed by atoms with van der Waals surface area (Å²) in [6.07, 6.45) is 3.58. The summed E-state index contributed by atoms with van der Waals surface area (Å²) < 4.78 is 5.71. The summed E-state index contributed by atoms with van der Waals surface area (Å²) in [5.74, 6) is 0.700. The summed E-state index contributed by atoms with van der Waals surface area (Å²) >= 11 is 0. The van der Waals surface area contributed by atoms with Crippen molar-refractivity contribution in [2.24, 2.45) is 0 Å². The zero-order valence-corrected chi connectivity index (χ0v) is 11.9. The first-order valence-corrected chi connectivity index (χ1v) is 7.00. The van der Waals surface area contributed by atoms with Crippen molar-refractivity contribution in [1.82, 2.24) is 4.90 Å². The van der Waals surface area contributed by atoms with Crippen LogP contribution < -0.4 is 4.74 Å². The second-order valence-corrected chi connectivity index (χ2v) is 5.71. The number of hydrogen-bond acceptors (Lipinski definition) is 3. The molecule has 0 N–H and O–H groups in total. The zero-order valence-electron chi connectivity index (χ0n) is 11.9. The van der Waals surface area contributed by atoms with Crippen LogP contribution in [0.1, 0.15) is 38.7 Å². The molecule has 0 radical (unpaired) electrons. The fraction of sp³-hybridized carbons (Fsp3) is 0.562. The van der Waals surface area contributed by atoms with Crippen molar-refractivity contribution >= 4 is 0 Å². The van der Waals surface area contributed by atoms with E-state index in [1.165, 1.54) is 19.4 Å². The van der Waals surface area contributed by atoms with E-state index < -0.39 is 0 Å². The van der Waals surface area contributed by atoms with E-state index in [0.29, 0.717) is 23.5 Å². The smallest absolute Gasteiger partial charge is 0.137 e. The van der Waals surface area contributed by atoms with Gasteiger partial charge in [-0.3, -0.25) is 4.90 Å². The van der Waals surface area contributed by atoms with Crippen molar-refractivity contribution in [2.75, 3.05) is 19.7 Å². The molecule has 0 amide bonds. The first kappa shape index (κ1) is 13.9. The second-order valence-electron chi connectivity index (χ2n) is 5.71. The van der Waals surface area contributed by atoms with Gasteiger partial charge in [-0.05, 0) is 51.8 Å². The van der Waals surface area contributed by atoms with E-state index in [1.807, 2.05) is 18.2 Å². The van der Waals surface area contributed by atoms with Gasteiger partial charge in [-0.25, -0.2) is 0 Å². The third-order valence-corrected chi connectivity index (χ3v) is 3.91. The Bertz CT molecular complexity index is 462. The van der Waals surface area contributed by atoms with Crippen molar-refractivity contribution in [2.45, 2.75) is 38.6 Å². The largest absolute Gasteiger partial charge is 0.492 e. The standard InChI is InChI=1S/C16H22N2O/c1-16(2)9-5-10-18(16)11-6-12-19-15-8-4-3-7-14(15)13-17/h3-4,7-8H,5-6,9-12H2,1-2H3. The molecular formula is C16H22N2O. The molecule has 1 fully saturated rings. The molecule has 0 aromatic heterocycles. The Morgan fingerprint density at radius 1 is 1.37 bits per heavy atom. The third-order valence-electron chi connectivity index (χ3n) is 3.91. The van der Waals surface area contributed by atoms with Gasteiger partial charge in [0.05, 0.1) is 12.2 Å². The second kappa shape index (κ2) is 6.08. The van der Waals surface area contributed by atoms with Gasteiger partial charge < -0.3 is 4.74 Å². The lowest BCUT2D eigenvalue weighted by Crippen LogP contribution is -2.39. The number of nitrogens with zero attached hydrogens (tertiary/aromatic N) is 2. The Balaban J connectivity index is 1.77. The van der Waals surface area contributed by atoms with Crippen LogP contribution in [0.4, 0.5) is 0 Å². The number of nitriles is 1. The zero-order chi connectivity index (χ0) is 13.7. The first-order chi connectivity index (χ1) is 9.13. The number of ether oxygens (including phenoxy) is 1. The van der Waals surface area contributed by atoms with E-state index in [9.17, 15) is 0 Å². The Morgan fingerprint density at radius 3 is 2.84 bits per heavy atom. The van der Waals surface area contributed by atoms with E-state index >= 15 is 0 Å². The van der Waals surface area contributed by atoms with E-state index in [4.69, 9.17) is 10.00 Å². The van der Waals surface area contributed by atoms with E-state index in [2.05, 4.69) is 24.8 Å². The molecule has 0 atom stereocenters. The highest BCUT2D eigenvalue weighted by molar-refractivity contribution is 5.42. The van der Waals surface area contributed by atoms with Crippen LogP contribution in [0.25, 0.3) is 0 Å². The topological polar surface area (TPSA) is 36.3 Å². The molecule has 3 heteroatoms. The summed E-state index contributed by atoms with van der Waals surface area (Å²) in [5.41, 5.74) is 0.953. The minimum Gasteiger partial charge on any atom is -0.492 e. The Morgan fingerprint density at radius 2 is 2.16 bits per heavy atom. The Hall–Kier alpha value is -1.53.